The minimum Gasteiger partial charge on any atom is -0.309 e. The highest BCUT2D eigenvalue weighted by Crippen LogP contribution is 2.27. The van der Waals surface area contributed by atoms with Gasteiger partial charge in [0.05, 0.1) is 27.0 Å². The number of hydrogen-bond acceptors (Lipinski definition) is 6. The molecule has 4 aromatic rings. The summed E-state index contributed by atoms with van der Waals surface area (Å²) in [6.45, 7) is 1.43. The molecule has 8 nitrogen and oxygen atoms in total. The number of thiazole rings is 1. The predicted molar refractivity (Wildman–Crippen MR) is 112 cm³/mol. The van der Waals surface area contributed by atoms with E-state index in [1.807, 2.05) is 31.2 Å². The molecule has 0 bridgehead atoms. The highest BCUT2D eigenvalue weighted by Gasteiger charge is 2.36. The molecule has 1 aliphatic rings. The predicted octanol–water partition coefficient (Wildman–Crippen LogP) is 3.03. The maximum Gasteiger partial charge on any atom is 0.262 e. The summed E-state index contributed by atoms with van der Waals surface area (Å²) in [6.07, 6.45) is 0. The van der Waals surface area contributed by atoms with Crippen molar-refractivity contribution in [2.45, 2.75) is 6.92 Å². The first kappa shape index (κ1) is 18.2. The Morgan fingerprint density at radius 1 is 1.03 bits per heavy atom. The van der Waals surface area contributed by atoms with Crippen LogP contribution in [-0.4, -0.2) is 43.9 Å². The molecule has 0 radical (unpaired) electrons. The second-order valence-electron chi connectivity index (χ2n) is 6.84. The number of carbonyl (C=O) groups is 3. The van der Waals surface area contributed by atoms with Crippen molar-refractivity contribution >= 4 is 45.1 Å². The van der Waals surface area contributed by atoms with Gasteiger partial charge in [-0.05, 0) is 31.2 Å². The SMILES string of the molecule is Cc1cc(NC(=O)CN2C(=O)c3ccccc3C2=O)n(-c2nc3ccccc3s2)n1. The number of nitrogens with one attached hydrogen (secondary N) is 1. The number of aromatic nitrogens is 3. The van der Waals surface area contributed by atoms with Crippen molar-refractivity contribution < 1.29 is 14.4 Å². The lowest BCUT2D eigenvalue weighted by Crippen LogP contribution is -2.37. The van der Waals surface area contributed by atoms with Crippen LogP contribution in [-0.2, 0) is 4.79 Å². The van der Waals surface area contributed by atoms with E-state index in [9.17, 15) is 14.4 Å². The summed E-state index contributed by atoms with van der Waals surface area (Å²) in [6, 6.07) is 16.0. The molecule has 0 saturated carbocycles. The van der Waals surface area contributed by atoms with Crippen molar-refractivity contribution in [3.05, 3.63) is 71.4 Å². The van der Waals surface area contributed by atoms with Gasteiger partial charge in [-0.3, -0.25) is 19.3 Å². The molecule has 30 heavy (non-hydrogen) atoms. The topological polar surface area (TPSA) is 97.2 Å². The third-order valence-corrected chi connectivity index (χ3v) is 5.75. The van der Waals surface area contributed by atoms with Gasteiger partial charge in [0.2, 0.25) is 11.0 Å². The number of aryl methyl sites for hydroxylation is 1. The number of hydrogen-bond donors (Lipinski definition) is 1. The van der Waals surface area contributed by atoms with Gasteiger partial charge >= 0.3 is 0 Å². The number of anilines is 1. The van der Waals surface area contributed by atoms with Crippen molar-refractivity contribution in [1.82, 2.24) is 19.7 Å². The average molecular weight is 417 g/mol. The van der Waals surface area contributed by atoms with Crippen LogP contribution in [0.15, 0.2) is 54.6 Å². The van der Waals surface area contributed by atoms with Gasteiger partial charge in [0.1, 0.15) is 12.4 Å². The van der Waals surface area contributed by atoms with Gasteiger partial charge in [0.15, 0.2) is 0 Å². The van der Waals surface area contributed by atoms with Crippen LogP contribution in [0.1, 0.15) is 26.4 Å². The monoisotopic (exact) mass is 417 g/mol. The van der Waals surface area contributed by atoms with Crippen molar-refractivity contribution in [2.24, 2.45) is 0 Å². The summed E-state index contributed by atoms with van der Waals surface area (Å²) < 4.78 is 2.56. The third-order valence-electron chi connectivity index (χ3n) is 4.74. The van der Waals surface area contributed by atoms with Crippen LogP contribution in [0.5, 0.6) is 0 Å². The molecule has 0 unspecified atom stereocenters. The van der Waals surface area contributed by atoms with Gasteiger partial charge in [-0.15, -0.1) is 0 Å². The lowest BCUT2D eigenvalue weighted by atomic mass is 10.1. The van der Waals surface area contributed by atoms with Crippen LogP contribution in [0.4, 0.5) is 5.82 Å². The molecular weight excluding hydrogens is 402 g/mol. The first-order valence-corrected chi connectivity index (χ1v) is 10.0. The Bertz CT molecular complexity index is 1270. The van der Waals surface area contributed by atoms with E-state index in [1.165, 1.54) is 11.3 Å². The van der Waals surface area contributed by atoms with Crippen LogP contribution < -0.4 is 5.32 Å². The fourth-order valence-corrected chi connectivity index (χ4v) is 4.32. The quantitative estimate of drug-likeness (QED) is 0.515. The molecule has 148 valence electrons. The summed E-state index contributed by atoms with van der Waals surface area (Å²) in [5, 5.41) is 7.79. The number of amides is 3. The fourth-order valence-electron chi connectivity index (χ4n) is 3.39. The average Bonchev–Trinajstić information content (AvgIpc) is 3.39. The molecule has 0 spiro atoms. The molecule has 2 aromatic heterocycles. The highest BCUT2D eigenvalue weighted by atomic mass is 32.1. The zero-order valence-electron chi connectivity index (χ0n) is 15.8. The molecule has 0 atom stereocenters. The molecule has 0 fully saturated rings. The largest absolute Gasteiger partial charge is 0.309 e. The van der Waals surface area contributed by atoms with Crippen LogP contribution in [0, 0.1) is 6.92 Å². The lowest BCUT2D eigenvalue weighted by molar-refractivity contribution is -0.116. The van der Waals surface area contributed by atoms with Crippen molar-refractivity contribution in [1.29, 1.82) is 0 Å². The van der Waals surface area contributed by atoms with E-state index in [1.54, 1.807) is 35.0 Å². The summed E-state index contributed by atoms with van der Waals surface area (Å²) >= 11 is 1.45. The fraction of sp³-hybridized carbons (Fsp3) is 0.0952. The number of para-hydroxylation sites is 1. The number of fused-ring (bicyclic) bond motifs is 2. The van der Waals surface area contributed by atoms with E-state index >= 15 is 0 Å². The van der Waals surface area contributed by atoms with E-state index in [4.69, 9.17) is 0 Å². The Balaban J connectivity index is 1.39. The van der Waals surface area contributed by atoms with Crippen LogP contribution in [0.25, 0.3) is 15.3 Å². The minimum absolute atomic E-state index is 0.311. The molecular formula is C21H15N5O3S. The smallest absolute Gasteiger partial charge is 0.262 e. The van der Waals surface area contributed by atoms with Gasteiger partial charge in [-0.2, -0.15) is 9.78 Å². The molecule has 5 rings (SSSR count). The van der Waals surface area contributed by atoms with Crippen molar-refractivity contribution in [3.8, 4) is 5.13 Å². The second kappa shape index (κ2) is 6.89. The van der Waals surface area contributed by atoms with Crippen LogP contribution in [0.2, 0.25) is 0 Å². The van der Waals surface area contributed by atoms with E-state index in [-0.39, 0.29) is 6.54 Å². The molecule has 3 amide bonds. The molecule has 9 heteroatoms. The molecule has 0 aliphatic carbocycles. The minimum atomic E-state index is -0.494. The van der Waals surface area contributed by atoms with Crippen molar-refractivity contribution in [3.63, 3.8) is 0 Å². The summed E-state index contributed by atoms with van der Waals surface area (Å²) in [5.41, 5.74) is 2.16. The van der Waals surface area contributed by atoms with Gasteiger partial charge in [0, 0.05) is 6.07 Å². The van der Waals surface area contributed by atoms with Gasteiger partial charge in [-0.1, -0.05) is 35.6 Å². The molecule has 3 heterocycles. The number of nitrogens with zero attached hydrogens (tertiary/aromatic N) is 4. The standard InChI is InChI=1S/C21H15N5O3S/c1-12-10-17(26(24-12)21-22-15-8-4-5-9-16(15)30-21)23-18(27)11-25-19(28)13-6-2-3-7-14(13)20(25)29/h2-10H,11H2,1H3,(H,23,27). The van der Waals surface area contributed by atoms with Crippen molar-refractivity contribution in [2.75, 3.05) is 11.9 Å². The highest BCUT2D eigenvalue weighted by molar-refractivity contribution is 7.20. The first-order chi connectivity index (χ1) is 14.5. The summed E-state index contributed by atoms with van der Waals surface area (Å²) in [7, 11) is 0. The number of imide groups is 1. The van der Waals surface area contributed by atoms with Crippen LogP contribution in [0.3, 0.4) is 0 Å². The van der Waals surface area contributed by atoms with E-state index in [2.05, 4.69) is 15.4 Å². The third kappa shape index (κ3) is 2.96. The van der Waals surface area contributed by atoms with E-state index < -0.39 is 17.7 Å². The molecule has 1 aliphatic heterocycles. The number of carbonyl (C=O) groups excluding carboxylic acids is 3. The maximum absolute atomic E-state index is 12.7. The van der Waals surface area contributed by atoms with Crippen LogP contribution >= 0.6 is 11.3 Å². The van der Waals surface area contributed by atoms with Gasteiger partial charge in [-0.25, -0.2) is 4.98 Å². The second-order valence-corrected chi connectivity index (χ2v) is 7.85. The Kier molecular flexibility index (Phi) is 4.18. The van der Waals surface area contributed by atoms with E-state index in [0.29, 0.717) is 27.8 Å². The van der Waals surface area contributed by atoms with Gasteiger partial charge < -0.3 is 5.32 Å². The number of rotatable bonds is 4. The lowest BCUT2D eigenvalue weighted by Gasteiger charge is -2.13. The van der Waals surface area contributed by atoms with Gasteiger partial charge in [0.25, 0.3) is 11.8 Å². The molecule has 1 N–H and O–H groups in total. The maximum atomic E-state index is 12.7. The zero-order chi connectivity index (χ0) is 20.8. The number of benzene rings is 2. The Labute approximate surface area is 174 Å². The summed E-state index contributed by atoms with van der Waals surface area (Å²) in [4.78, 5) is 43.2. The zero-order valence-corrected chi connectivity index (χ0v) is 16.6. The Morgan fingerprint density at radius 3 is 2.40 bits per heavy atom. The summed E-state index contributed by atoms with van der Waals surface area (Å²) in [5.74, 6) is -1.01. The normalized spacial score (nSPS) is 13.2. The molecule has 2 aromatic carbocycles. The van der Waals surface area contributed by atoms with E-state index in [0.717, 1.165) is 15.1 Å². The first-order valence-electron chi connectivity index (χ1n) is 9.19. The Morgan fingerprint density at radius 2 is 1.70 bits per heavy atom. The molecule has 0 saturated heterocycles. The Hall–Kier alpha value is -3.85.